The highest BCUT2D eigenvalue weighted by atomic mass is 16.5. The van der Waals surface area contributed by atoms with Crippen molar-refractivity contribution in [3.8, 4) is 5.75 Å². The second kappa shape index (κ2) is 8.39. The van der Waals surface area contributed by atoms with Crippen LogP contribution in [0.4, 0.5) is 5.69 Å². The first-order chi connectivity index (χ1) is 14.2. The van der Waals surface area contributed by atoms with Crippen LogP contribution in [0.25, 0.3) is 0 Å². The molecule has 0 spiro atoms. The minimum Gasteiger partial charge on any atom is -0.483 e. The van der Waals surface area contributed by atoms with Gasteiger partial charge in [0.15, 0.2) is 6.61 Å². The number of fused-ring (bicyclic) bond motifs is 1. The smallest absolute Gasteiger partial charge is 0.260 e. The molecule has 29 heavy (non-hydrogen) atoms. The molecule has 2 aromatic carbocycles. The molecule has 2 aliphatic heterocycles. The first kappa shape index (κ1) is 19.1. The number of para-hydroxylation sites is 2. The maximum absolute atomic E-state index is 13.1. The normalized spacial score (nSPS) is 18.2. The second-order valence-electron chi connectivity index (χ2n) is 7.25. The van der Waals surface area contributed by atoms with Crippen LogP contribution < -0.4 is 10.1 Å². The van der Waals surface area contributed by atoms with E-state index in [0.717, 1.165) is 37.2 Å². The van der Waals surface area contributed by atoms with Gasteiger partial charge >= 0.3 is 0 Å². The molecule has 0 unspecified atom stereocenters. The van der Waals surface area contributed by atoms with E-state index in [-0.39, 0.29) is 18.4 Å². The number of amides is 2. The maximum atomic E-state index is 13.1. The molecule has 6 nitrogen and oxygen atoms in total. The summed E-state index contributed by atoms with van der Waals surface area (Å²) in [6.07, 6.45) is 3.40. The summed E-state index contributed by atoms with van der Waals surface area (Å²) in [5.41, 5.74) is 2.23. The van der Waals surface area contributed by atoms with Gasteiger partial charge in [-0.1, -0.05) is 36.4 Å². The van der Waals surface area contributed by atoms with E-state index in [4.69, 9.17) is 4.74 Å². The van der Waals surface area contributed by atoms with E-state index in [1.807, 2.05) is 53.4 Å². The molecular weight excluding hydrogens is 366 g/mol. The van der Waals surface area contributed by atoms with Gasteiger partial charge in [-0.2, -0.15) is 0 Å². The number of ether oxygens (including phenoxy) is 1. The molecule has 2 aromatic rings. The zero-order chi connectivity index (χ0) is 20.2. The van der Waals surface area contributed by atoms with Gasteiger partial charge in [0.1, 0.15) is 11.9 Å². The number of anilines is 1. The molecule has 2 amide bonds. The summed E-state index contributed by atoms with van der Waals surface area (Å²) in [5.74, 6) is 0.532. The second-order valence-corrected chi connectivity index (χ2v) is 7.25. The Hall–Kier alpha value is -3.28. The fraction of sp³-hybridized carbons (Fsp3) is 0.304. The number of likely N-dealkylation sites (tertiary alicyclic amines) is 1. The quantitative estimate of drug-likeness (QED) is 0.767. The van der Waals surface area contributed by atoms with Crippen LogP contribution in [0.15, 0.2) is 61.2 Å². The number of benzene rings is 2. The molecular formula is C23H25N3O3. The van der Waals surface area contributed by atoms with Crippen LogP contribution in [0.5, 0.6) is 5.75 Å². The van der Waals surface area contributed by atoms with Crippen molar-refractivity contribution < 1.29 is 14.3 Å². The molecule has 1 atom stereocenters. The van der Waals surface area contributed by atoms with Gasteiger partial charge in [-0.3, -0.25) is 9.59 Å². The average molecular weight is 391 g/mol. The van der Waals surface area contributed by atoms with Crippen molar-refractivity contribution in [1.82, 2.24) is 9.80 Å². The van der Waals surface area contributed by atoms with Crippen LogP contribution >= 0.6 is 0 Å². The minimum atomic E-state index is -0.409. The number of nitrogens with one attached hydrogen (secondary N) is 1. The SMILES string of the molecule is C=CCN1C(=O)c2ccccc2N[C@@H]1c1ccccc1OCC(=O)N1CCCC1. The lowest BCUT2D eigenvalue weighted by molar-refractivity contribution is -0.132. The van der Waals surface area contributed by atoms with Crippen molar-refractivity contribution in [3.63, 3.8) is 0 Å². The third-order valence-electron chi connectivity index (χ3n) is 5.37. The fourth-order valence-electron chi connectivity index (χ4n) is 3.90. The highest BCUT2D eigenvalue weighted by molar-refractivity contribution is 6.01. The monoisotopic (exact) mass is 391 g/mol. The van der Waals surface area contributed by atoms with E-state index >= 15 is 0 Å². The third-order valence-corrected chi connectivity index (χ3v) is 5.37. The zero-order valence-electron chi connectivity index (χ0n) is 16.3. The lowest BCUT2D eigenvalue weighted by Crippen LogP contribution is -2.43. The van der Waals surface area contributed by atoms with Gasteiger partial charge in [-0.15, -0.1) is 6.58 Å². The minimum absolute atomic E-state index is 0.00160. The Morgan fingerprint density at radius 1 is 1.14 bits per heavy atom. The topological polar surface area (TPSA) is 61.9 Å². The summed E-state index contributed by atoms with van der Waals surface area (Å²) in [5, 5.41) is 3.44. The van der Waals surface area contributed by atoms with Crippen LogP contribution in [0, 0.1) is 0 Å². The Morgan fingerprint density at radius 3 is 2.66 bits per heavy atom. The molecule has 2 heterocycles. The van der Waals surface area contributed by atoms with Crippen molar-refractivity contribution in [3.05, 3.63) is 72.3 Å². The third kappa shape index (κ3) is 3.83. The average Bonchev–Trinajstić information content (AvgIpc) is 3.29. The molecule has 1 N–H and O–H groups in total. The van der Waals surface area contributed by atoms with E-state index in [9.17, 15) is 9.59 Å². The standard InChI is InChI=1S/C23H25N3O3/c1-2-13-26-22(24-19-11-5-3-9-17(19)23(26)28)18-10-4-6-12-20(18)29-16-21(27)25-14-7-8-15-25/h2-6,9-12,22,24H,1,7-8,13-16H2/t22-/m0/s1. The molecule has 0 bridgehead atoms. The molecule has 6 heteroatoms. The number of rotatable bonds is 6. The summed E-state index contributed by atoms with van der Waals surface area (Å²) < 4.78 is 5.92. The number of hydrogen-bond donors (Lipinski definition) is 1. The predicted molar refractivity (Wildman–Crippen MR) is 112 cm³/mol. The Kier molecular flexibility index (Phi) is 5.51. The molecule has 1 fully saturated rings. The molecule has 1 saturated heterocycles. The summed E-state index contributed by atoms with van der Waals surface area (Å²) >= 11 is 0. The number of carbonyl (C=O) groups is 2. The first-order valence-corrected chi connectivity index (χ1v) is 9.96. The molecule has 0 saturated carbocycles. The number of hydrogen-bond acceptors (Lipinski definition) is 4. The summed E-state index contributed by atoms with van der Waals surface area (Å²) in [4.78, 5) is 29.0. The number of carbonyl (C=O) groups excluding carboxylic acids is 2. The molecule has 4 rings (SSSR count). The van der Waals surface area contributed by atoms with Crippen molar-refractivity contribution in [2.24, 2.45) is 0 Å². The van der Waals surface area contributed by atoms with E-state index in [1.165, 1.54) is 0 Å². The van der Waals surface area contributed by atoms with Crippen LogP contribution in [-0.4, -0.2) is 47.9 Å². The zero-order valence-corrected chi connectivity index (χ0v) is 16.3. The Balaban J connectivity index is 1.60. The lowest BCUT2D eigenvalue weighted by atomic mass is 10.0. The van der Waals surface area contributed by atoms with Gasteiger partial charge in [0.2, 0.25) is 0 Å². The Morgan fingerprint density at radius 2 is 1.86 bits per heavy atom. The number of nitrogens with zero attached hydrogens (tertiary/aromatic N) is 2. The van der Waals surface area contributed by atoms with E-state index in [1.54, 1.807) is 11.0 Å². The molecule has 0 radical (unpaired) electrons. The maximum Gasteiger partial charge on any atom is 0.260 e. The largest absolute Gasteiger partial charge is 0.483 e. The van der Waals surface area contributed by atoms with Crippen LogP contribution in [-0.2, 0) is 4.79 Å². The molecule has 0 aromatic heterocycles. The summed E-state index contributed by atoms with van der Waals surface area (Å²) in [7, 11) is 0. The highest BCUT2D eigenvalue weighted by Crippen LogP contribution is 2.36. The van der Waals surface area contributed by atoms with Crippen molar-refractivity contribution in [1.29, 1.82) is 0 Å². The van der Waals surface area contributed by atoms with Gasteiger partial charge < -0.3 is 19.9 Å². The van der Waals surface area contributed by atoms with Crippen LogP contribution in [0.2, 0.25) is 0 Å². The van der Waals surface area contributed by atoms with Gasteiger partial charge in [0, 0.05) is 30.9 Å². The fourth-order valence-corrected chi connectivity index (χ4v) is 3.90. The van der Waals surface area contributed by atoms with E-state index < -0.39 is 6.17 Å². The van der Waals surface area contributed by atoms with Gasteiger partial charge in [0.05, 0.1) is 5.56 Å². The molecule has 2 aliphatic rings. The lowest BCUT2D eigenvalue weighted by Gasteiger charge is -2.38. The van der Waals surface area contributed by atoms with Crippen LogP contribution in [0.3, 0.4) is 0 Å². The van der Waals surface area contributed by atoms with Gasteiger partial charge in [-0.05, 0) is 31.0 Å². The van der Waals surface area contributed by atoms with E-state index in [2.05, 4.69) is 11.9 Å². The Bertz CT molecular complexity index is 921. The van der Waals surface area contributed by atoms with Crippen molar-refractivity contribution >= 4 is 17.5 Å². The first-order valence-electron chi connectivity index (χ1n) is 9.96. The van der Waals surface area contributed by atoms with Crippen molar-refractivity contribution in [2.75, 3.05) is 31.6 Å². The molecule has 0 aliphatic carbocycles. The van der Waals surface area contributed by atoms with E-state index in [0.29, 0.717) is 17.9 Å². The summed E-state index contributed by atoms with van der Waals surface area (Å²) in [6.45, 7) is 5.78. The summed E-state index contributed by atoms with van der Waals surface area (Å²) in [6, 6.07) is 15.0. The highest BCUT2D eigenvalue weighted by Gasteiger charge is 2.33. The van der Waals surface area contributed by atoms with Crippen LogP contribution in [0.1, 0.15) is 34.9 Å². The Labute approximate surface area is 170 Å². The molecule has 150 valence electrons. The van der Waals surface area contributed by atoms with Gasteiger partial charge in [-0.25, -0.2) is 0 Å². The predicted octanol–water partition coefficient (Wildman–Crippen LogP) is 3.44. The van der Waals surface area contributed by atoms with Gasteiger partial charge in [0.25, 0.3) is 11.8 Å². The van der Waals surface area contributed by atoms with Crippen molar-refractivity contribution in [2.45, 2.75) is 19.0 Å².